The van der Waals surface area contributed by atoms with Crippen LogP contribution in [0.5, 0.6) is 5.75 Å². The molecule has 7 nitrogen and oxygen atoms in total. The Hall–Kier alpha value is -3.84. The summed E-state index contributed by atoms with van der Waals surface area (Å²) < 4.78 is 10.5. The number of carbonyl (C=O) groups is 2. The second kappa shape index (κ2) is 9.19. The standard InChI is InChI=1S/C27H26N2O5/c1-33-26(31)20-13-17(11-12-23(20)30)24-25-19(18-9-5-6-10-21(18)28-25)14-22(29-24)27(32)34-15-16-7-3-2-4-8-16/h2-13,19,22,24-25,28-30H,14-15H2,1H3/t19?,22-,24+,25?/m0/s1. The minimum Gasteiger partial charge on any atom is -0.507 e. The first-order valence-electron chi connectivity index (χ1n) is 11.3. The van der Waals surface area contributed by atoms with Crippen molar-refractivity contribution < 1.29 is 24.2 Å². The Balaban J connectivity index is 1.45. The monoisotopic (exact) mass is 458 g/mol. The Morgan fingerprint density at radius 1 is 1.03 bits per heavy atom. The molecule has 3 aromatic rings. The van der Waals surface area contributed by atoms with E-state index in [4.69, 9.17) is 9.47 Å². The summed E-state index contributed by atoms with van der Waals surface area (Å²) in [6.07, 6.45) is 0.584. The molecule has 0 radical (unpaired) electrons. The van der Waals surface area contributed by atoms with Gasteiger partial charge in [0.25, 0.3) is 0 Å². The highest BCUT2D eigenvalue weighted by molar-refractivity contribution is 5.92. The van der Waals surface area contributed by atoms with Gasteiger partial charge < -0.3 is 19.9 Å². The summed E-state index contributed by atoms with van der Waals surface area (Å²) in [5, 5.41) is 17.2. The molecule has 174 valence electrons. The summed E-state index contributed by atoms with van der Waals surface area (Å²) in [4.78, 5) is 25.3. The first kappa shape index (κ1) is 22.0. The molecular weight excluding hydrogens is 432 g/mol. The third-order valence-electron chi connectivity index (χ3n) is 6.64. The second-order valence-electron chi connectivity index (χ2n) is 8.66. The lowest BCUT2D eigenvalue weighted by Crippen LogP contribution is -2.52. The van der Waals surface area contributed by atoms with Crippen LogP contribution in [0.25, 0.3) is 0 Å². The van der Waals surface area contributed by atoms with Crippen LogP contribution in [-0.2, 0) is 20.9 Å². The van der Waals surface area contributed by atoms with Crippen molar-refractivity contribution in [2.45, 2.75) is 37.1 Å². The average molecular weight is 459 g/mol. The van der Waals surface area contributed by atoms with Crippen LogP contribution < -0.4 is 10.6 Å². The number of hydrogen-bond donors (Lipinski definition) is 3. The Labute approximate surface area is 197 Å². The smallest absolute Gasteiger partial charge is 0.341 e. The van der Waals surface area contributed by atoms with Gasteiger partial charge in [-0.3, -0.25) is 10.1 Å². The molecule has 0 aliphatic carbocycles. The first-order chi connectivity index (χ1) is 16.5. The van der Waals surface area contributed by atoms with Crippen molar-refractivity contribution in [3.05, 3.63) is 95.1 Å². The molecule has 0 amide bonds. The number of esters is 2. The lowest BCUT2D eigenvalue weighted by Gasteiger charge is -2.39. The topological polar surface area (TPSA) is 96.9 Å². The summed E-state index contributed by atoms with van der Waals surface area (Å²) in [6.45, 7) is 0.206. The number of phenolic OH excluding ortho intramolecular Hbond substituents is 1. The molecule has 2 unspecified atom stereocenters. The normalized spacial score (nSPS) is 22.7. The van der Waals surface area contributed by atoms with Gasteiger partial charge in [0.15, 0.2) is 0 Å². The van der Waals surface area contributed by atoms with Gasteiger partial charge in [-0.25, -0.2) is 4.79 Å². The molecule has 34 heavy (non-hydrogen) atoms. The maximum absolute atomic E-state index is 13.1. The number of carbonyl (C=O) groups excluding carboxylic acids is 2. The number of ether oxygens (including phenoxy) is 2. The lowest BCUT2D eigenvalue weighted by atomic mass is 9.79. The molecule has 2 heterocycles. The molecule has 0 saturated carbocycles. The van der Waals surface area contributed by atoms with Gasteiger partial charge in [0.2, 0.25) is 0 Å². The number of rotatable bonds is 5. The van der Waals surface area contributed by atoms with Crippen molar-refractivity contribution >= 4 is 17.6 Å². The molecule has 0 spiro atoms. The molecule has 2 aliphatic heterocycles. The number of benzene rings is 3. The van der Waals surface area contributed by atoms with E-state index in [1.165, 1.54) is 13.2 Å². The summed E-state index contributed by atoms with van der Waals surface area (Å²) >= 11 is 0. The van der Waals surface area contributed by atoms with E-state index in [0.717, 1.165) is 22.4 Å². The van der Waals surface area contributed by atoms with Crippen LogP contribution in [0.1, 0.15) is 45.4 Å². The molecule has 4 atom stereocenters. The van der Waals surface area contributed by atoms with E-state index in [9.17, 15) is 14.7 Å². The van der Waals surface area contributed by atoms with Crippen molar-refractivity contribution in [2.75, 3.05) is 12.4 Å². The molecule has 2 aliphatic rings. The highest BCUT2D eigenvalue weighted by atomic mass is 16.5. The van der Waals surface area contributed by atoms with Gasteiger partial charge in [-0.1, -0.05) is 54.6 Å². The summed E-state index contributed by atoms with van der Waals surface area (Å²) in [7, 11) is 1.28. The molecule has 7 heteroatoms. The van der Waals surface area contributed by atoms with Crippen molar-refractivity contribution in [1.29, 1.82) is 0 Å². The van der Waals surface area contributed by atoms with E-state index in [1.807, 2.05) is 48.5 Å². The number of methoxy groups -OCH3 is 1. The summed E-state index contributed by atoms with van der Waals surface area (Å²) in [6, 6.07) is 21.7. The zero-order valence-corrected chi connectivity index (χ0v) is 18.7. The van der Waals surface area contributed by atoms with Crippen LogP contribution in [0.4, 0.5) is 5.69 Å². The van der Waals surface area contributed by atoms with Crippen LogP contribution in [-0.4, -0.2) is 36.2 Å². The highest BCUT2D eigenvalue weighted by Crippen LogP contribution is 2.46. The largest absolute Gasteiger partial charge is 0.507 e. The molecular formula is C27H26N2O5. The molecule has 3 aromatic carbocycles. The minimum atomic E-state index is -0.617. The SMILES string of the molecule is COC(=O)c1cc([C@H]2N[C@H](C(=O)OCc3ccccc3)CC3c4ccccc4NC32)ccc1O. The summed E-state index contributed by atoms with van der Waals surface area (Å²) in [5.41, 5.74) is 3.98. The van der Waals surface area contributed by atoms with E-state index in [-0.39, 0.29) is 41.9 Å². The number of fused-ring (bicyclic) bond motifs is 3. The third kappa shape index (κ3) is 4.10. The highest BCUT2D eigenvalue weighted by Gasteiger charge is 2.46. The fourth-order valence-corrected chi connectivity index (χ4v) is 4.97. The summed E-state index contributed by atoms with van der Waals surface area (Å²) in [5.74, 6) is -1.01. The van der Waals surface area contributed by atoms with Gasteiger partial charge in [0.05, 0.1) is 19.2 Å². The maximum atomic E-state index is 13.1. The van der Waals surface area contributed by atoms with Gasteiger partial charge in [-0.05, 0) is 41.3 Å². The van der Waals surface area contributed by atoms with Crippen LogP contribution in [0.2, 0.25) is 0 Å². The third-order valence-corrected chi connectivity index (χ3v) is 6.64. The quantitative estimate of drug-likeness (QED) is 0.499. The number of para-hydroxylation sites is 1. The Morgan fingerprint density at radius 3 is 2.59 bits per heavy atom. The van der Waals surface area contributed by atoms with Crippen LogP contribution in [0.15, 0.2) is 72.8 Å². The minimum absolute atomic E-state index is 0.0365. The molecule has 0 aromatic heterocycles. The van der Waals surface area contributed by atoms with Crippen LogP contribution in [0.3, 0.4) is 0 Å². The van der Waals surface area contributed by atoms with Gasteiger partial charge in [-0.2, -0.15) is 0 Å². The number of piperidine rings is 1. The Bertz CT molecular complexity index is 1210. The fraction of sp³-hybridized carbons (Fsp3) is 0.259. The zero-order chi connectivity index (χ0) is 23.7. The van der Waals surface area contributed by atoms with Gasteiger partial charge in [-0.15, -0.1) is 0 Å². The molecule has 5 rings (SSSR count). The Morgan fingerprint density at radius 2 is 1.79 bits per heavy atom. The second-order valence-corrected chi connectivity index (χ2v) is 8.66. The van der Waals surface area contributed by atoms with Crippen molar-refractivity contribution in [3.8, 4) is 5.75 Å². The molecule has 3 N–H and O–H groups in total. The van der Waals surface area contributed by atoms with Crippen LogP contribution in [0, 0.1) is 0 Å². The first-order valence-corrected chi connectivity index (χ1v) is 11.3. The average Bonchev–Trinajstić information content (AvgIpc) is 3.26. The predicted octanol–water partition coefficient (Wildman–Crippen LogP) is 3.90. The van der Waals surface area contributed by atoms with E-state index in [0.29, 0.717) is 6.42 Å². The zero-order valence-electron chi connectivity index (χ0n) is 18.7. The molecule has 0 bridgehead atoms. The van der Waals surface area contributed by atoms with E-state index in [1.54, 1.807) is 12.1 Å². The lowest BCUT2D eigenvalue weighted by molar-refractivity contribution is -0.148. The number of anilines is 1. The van der Waals surface area contributed by atoms with Crippen LogP contribution >= 0.6 is 0 Å². The van der Waals surface area contributed by atoms with E-state index < -0.39 is 12.0 Å². The van der Waals surface area contributed by atoms with Crippen molar-refractivity contribution in [1.82, 2.24) is 5.32 Å². The number of hydrogen-bond acceptors (Lipinski definition) is 7. The molecule has 1 saturated heterocycles. The van der Waals surface area contributed by atoms with Gasteiger partial charge in [0.1, 0.15) is 24.0 Å². The van der Waals surface area contributed by atoms with E-state index >= 15 is 0 Å². The Kier molecular flexibility index (Phi) is 5.94. The fourth-order valence-electron chi connectivity index (χ4n) is 4.97. The number of nitrogens with one attached hydrogen (secondary N) is 2. The van der Waals surface area contributed by atoms with Gasteiger partial charge >= 0.3 is 11.9 Å². The number of aromatic hydroxyl groups is 1. The van der Waals surface area contributed by atoms with E-state index in [2.05, 4.69) is 16.7 Å². The maximum Gasteiger partial charge on any atom is 0.341 e. The number of phenols is 1. The van der Waals surface area contributed by atoms with Gasteiger partial charge in [0, 0.05) is 11.6 Å². The molecule has 1 fully saturated rings. The predicted molar refractivity (Wildman–Crippen MR) is 127 cm³/mol. The van der Waals surface area contributed by atoms with Crippen molar-refractivity contribution in [3.63, 3.8) is 0 Å². The van der Waals surface area contributed by atoms with Crippen molar-refractivity contribution in [2.24, 2.45) is 0 Å².